The van der Waals surface area contributed by atoms with Gasteiger partial charge in [0.2, 0.25) is 5.91 Å². The number of nitrogens with zero attached hydrogens (tertiary/aromatic N) is 3. The fourth-order valence-corrected chi connectivity index (χ4v) is 2.16. The number of pyridine rings is 1. The SMILES string of the molecule is CNC(=O)[C@@H]1CN(C(=O)c2ccccn2)CCN1C. The third-order valence-electron chi connectivity index (χ3n) is 3.37. The quantitative estimate of drug-likeness (QED) is 0.786. The molecule has 0 saturated carbocycles. The van der Waals surface area contributed by atoms with Crippen LogP contribution in [0.2, 0.25) is 0 Å². The molecular formula is C13H18N4O2. The maximum absolute atomic E-state index is 12.3. The van der Waals surface area contributed by atoms with Crippen molar-refractivity contribution in [3.63, 3.8) is 0 Å². The largest absolute Gasteiger partial charge is 0.358 e. The molecule has 2 rings (SSSR count). The zero-order chi connectivity index (χ0) is 13.8. The lowest BCUT2D eigenvalue weighted by Crippen LogP contribution is -2.58. The van der Waals surface area contributed by atoms with Gasteiger partial charge in [0.25, 0.3) is 5.91 Å². The Kier molecular flexibility index (Phi) is 4.11. The Morgan fingerprint density at radius 3 is 2.79 bits per heavy atom. The highest BCUT2D eigenvalue weighted by atomic mass is 16.2. The Hall–Kier alpha value is -1.95. The predicted molar refractivity (Wildman–Crippen MR) is 70.6 cm³/mol. The summed E-state index contributed by atoms with van der Waals surface area (Å²) in [4.78, 5) is 31.8. The Labute approximate surface area is 112 Å². The van der Waals surface area contributed by atoms with Crippen LogP contribution in [0.5, 0.6) is 0 Å². The molecule has 0 aliphatic carbocycles. The van der Waals surface area contributed by atoms with E-state index < -0.39 is 0 Å². The number of carbonyl (C=O) groups excluding carboxylic acids is 2. The number of rotatable bonds is 2. The summed E-state index contributed by atoms with van der Waals surface area (Å²) in [6, 6.07) is 4.95. The molecular weight excluding hydrogens is 244 g/mol. The fraction of sp³-hybridized carbons (Fsp3) is 0.462. The molecule has 6 nitrogen and oxygen atoms in total. The molecule has 1 N–H and O–H groups in total. The van der Waals surface area contributed by atoms with E-state index in [2.05, 4.69) is 10.3 Å². The molecule has 0 radical (unpaired) electrons. The molecule has 1 saturated heterocycles. The molecule has 0 aromatic carbocycles. The van der Waals surface area contributed by atoms with E-state index in [4.69, 9.17) is 0 Å². The van der Waals surface area contributed by atoms with Gasteiger partial charge in [0.05, 0.1) is 0 Å². The number of nitrogens with one attached hydrogen (secondary N) is 1. The van der Waals surface area contributed by atoms with Crippen molar-refractivity contribution >= 4 is 11.8 Å². The van der Waals surface area contributed by atoms with Gasteiger partial charge in [-0.15, -0.1) is 0 Å². The van der Waals surface area contributed by atoms with Crippen molar-refractivity contribution in [2.45, 2.75) is 6.04 Å². The van der Waals surface area contributed by atoms with E-state index in [1.165, 1.54) is 0 Å². The first-order chi connectivity index (χ1) is 9.13. The van der Waals surface area contributed by atoms with Crippen LogP contribution in [0, 0.1) is 0 Å². The lowest BCUT2D eigenvalue weighted by atomic mass is 10.1. The van der Waals surface area contributed by atoms with Gasteiger partial charge in [0.15, 0.2) is 0 Å². The summed E-state index contributed by atoms with van der Waals surface area (Å²) >= 11 is 0. The number of aromatic nitrogens is 1. The van der Waals surface area contributed by atoms with Gasteiger partial charge in [0, 0.05) is 32.9 Å². The summed E-state index contributed by atoms with van der Waals surface area (Å²) < 4.78 is 0. The van der Waals surface area contributed by atoms with Crippen molar-refractivity contribution in [2.24, 2.45) is 0 Å². The van der Waals surface area contributed by atoms with Crippen LogP contribution in [-0.2, 0) is 4.79 Å². The van der Waals surface area contributed by atoms with Crippen LogP contribution in [0.1, 0.15) is 10.5 Å². The summed E-state index contributed by atoms with van der Waals surface area (Å²) in [6.07, 6.45) is 1.60. The zero-order valence-corrected chi connectivity index (χ0v) is 11.2. The predicted octanol–water partition coefficient (Wildman–Crippen LogP) is -0.416. The average Bonchev–Trinajstić information content (AvgIpc) is 2.47. The number of carbonyl (C=O) groups is 2. The molecule has 1 aromatic rings. The lowest BCUT2D eigenvalue weighted by Gasteiger charge is -2.38. The van der Waals surface area contributed by atoms with Crippen molar-refractivity contribution < 1.29 is 9.59 Å². The van der Waals surface area contributed by atoms with E-state index in [-0.39, 0.29) is 17.9 Å². The molecule has 1 aromatic heterocycles. The molecule has 2 amide bonds. The first kappa shape index (κ1) is 13.5. The van der Waals surface area contributed by atoms with Crippen molar-refractivity contribution in [1.29, 1.82) is 0 Å². The first-order valence-corrected chi connectivity index (χ1v) is 6.25. The molecule has 0 unspecified atom stereocenters. The second-order valence-electron chi connectivity index (χ2n) is 4.58. The van der Waals surface area contributed by atoms with E-state index in [0.717, 1.165) is 0 Å². The number of piperazine rings is 1. The Bertz CT molecular complexity index is 463. The summed E-state index contributed by atoms with van der Waals surface area (Å²) in [5.74, 6) is -0.191. The van der Waals surface area contributed by atoms with E-state index in [9.17, 15) is 9.59 Å². The minimum absolute atomic E-state index is 0.0685. The molecule has 0 bridgehead atoms. The van der Waals surface area contributed by atoms with Crippen molar-refractivity contribution in [3.05, 3.63) is 30.1 Å². The summed E-state index contributed by atoms with van der Waals surface area (Å²) in [6.45, 7) is 1.68. The van der Waals surface area contributed by atoms with Crippen molar-refractivity contribution in [2.75, 3.05) is 33.7 Å². The van der Waals surface area contributed by atoms with E-state index in [1.807, 2.05) is 11.9 Å². The summed E-state index contributed by atoms with van der Waals surface area (Å²) in [7, 11) is 3.50. The van der Waals surface area contributed by atoms with Gasteiger partial charge in [-0.3, -0.25) is 19.5 Å². The van der Waals surface area contributed by atoms with E-state index in [1.54, 1.807) is 36.3 Å². The molecule has 102 valence electrons. The Morgan fingerprint density at radius 2 is 2.16 bits per heavy atom. The summed E-state index contributed by atoms with van der Waals surface area (Å²) in [5, 5.41) is 2.63. The van der Waals surface area contributed by atoms with Crippen LogP contribution < -0.4 is 5.32 Å². The Morgan fingerprint density at radius 1 is 1.37 bits per heavy atom. The highest BCUT2D eigenvalue weighted by Crippen LogP contribution is 2.11. The van der Waals surface area contributed by atoms with Gasteiger partial charge in [0.1, 0.15) is 11.7 Å². The topological polar surface area (TPSA) is 65.5 Å². The highest BCUT2D eigenvalue weighted by Gasteiger charge is 2.32. The second kappa shape index (κ2) is 5.79. The zero-order valence-electron chi connectivity index (χ0n) is 11.2. The molecule has 1 aliphatic heterocycles. The standard InChI is InChI=1S/C13H18N4O2/c1-14-12(18)11-9-17(8-7-16(11)2)13(19)10-5-3-4-6-15-10/h3-6,11H,7-9H2,1-2H3,(H,14,18)/t11-/m0/s1. The average molecular weight is 262 g/mol. The molecule has 1 aliphatic rings. The third-order valence-corrected chi connectivity index (χ3v) is 3.37. The first-order valence-electron chi connectivity index (χ1n) is 6.25. The van der Waals surface area contributed by atoms with Crippen LogP contribution in [0.4, 0.5) is 0 Å². The van der Waals surface area contributed by atoms with Crippen LogP contribution in [0.3, 0.4) is 0 Å². The molecule has 6 heteroatoms. The van der Waals surface area contributed by atoms with Gasteiger partial charge < -0.3 is 10.2 Å². The van der Waals surface area contributed by atoms with Gasteiger partial charge in [-0.2, -0.15) is 0 Å². The maximum Gasteiger partial charge on any atom is 0.272 e. The van der Waals surface area contributed by atoms with Crippen molar-refractivity contribution in [3.8, 4) is 0 Å². The smallest absolute Gasteiger partial charge is 0.272 e. The molecule has 0 spiro atoms. The van der Waals surface area contributed by atoms with Crippen molar-refractivity contribution in [1.82, 2.24) is 20.1 Å². The van der Waals surface area contributed by atoms with Gasteiger partial charge in [-0.25, -0.2) is 0 Å². The maximum atomic E-state index is 12.3. The number of hydrogen-bond donors (Lipinski definition) is 1. The van der Waals surface area contributed by atoms with E-state index >= 15 is 0 Å². The highest BCUT2D eigenvalue weighted by molar-refractivity contribution is 5.93. The van der Waals surface area contributed by atoms with Crippen LogP contribution in [0.25, 0.3) is 0 Å². The minimum Gasteiger partial charge on any atom is -0.358 e. The lowest BCUT2D eigenvalue weighted by molar-refractivity contribution is -0.127. The fourth-order valence-electron chi connectivity index (χ4n) is 2.16. The van der Waals surface area contributed by atoms with Crippen LogP contribution in [-0.4, -0.2) is 66.4 Å². The second-order valence-corrected chi connectivity index (χ2v) is 4.58. The van der Waals surface area contributed by atoms with Gasteiger partial charge in [-0.05, 0) is 19.2 Å². The van der Waals surface area contributed by atoms with Crippen LogP contribution in [0.15, 0.2) is 24.4 Å². The molecule has 1 fully saturated rings. The van der Waals surface area contributed by atoms with Gasteiger partial charge in [-0.1, -0.05) is 6.07 Å². The van der Waals surface area contributed by atoms with Crippen LogP contribution >= 0.6 is 0 Å². The molecule has 2 heterocycles. The number of amides is 2. The van der Waals surface area contributed by atoms with E-state index in [0.29, 0.717) is 25.3 Å². The minimum atomic E-state index is -0.300. The number of hydrogen-bond acceptors (Lipinski definition) is 4. The molecule has 19 heavy (non-hydrogen) atoms. The summed E-state index contributed by atoms with van der Waals surface area (Å²) in [5.41, 5.74) is 0.419. The third kappa shape index (κ3) is 2.90. The normalized spacial score (nSPS) is 20.1. The monoisotopic (exact) mass is 262 g/mol. The number of likely N-dealkylation sites (N-methyl/N-ethyl adjacent to an activating group) is 2. The Balaban J connectivity index is 2.10. The van der Waals surface area contributed by atoms with Gasteiger partial charge >= 0.3 is 0 Å². The molecule has 1 atom stereocenters.